The van der Waals surface area contributed by atoms with Crippen LogP contribution in [-0.4, -0.2) is 35.3 Å². The summed E-state index contributed by atoms with van der Waals surface area (Å²) < 4.78 is 6.41. The van der Waals surface area contributed by atoms with Crippen molar-refractivity contribution in [2.45, 2.75) is 39.5 Å². The summed E-state index contributed by atoms with van der Waals surface area (Å²) in [6, 6.07) is 7.42. The summed E-state index contributed by atoms with van der Waals surface area (Å²) >= 11 is 5.93. The summed E-state index contributed by atoms with van der Waals surface area (Å²) in [5.41, 5.74) is 3.60. The normalized spacial score (nSPS) is 10.6. The smallest absolute Gasteiger partial charge is 0.305 e. The number of amides is 1. The monoisotopic (exact) mass is 377 g/mol. The third-order valence-electron chi connectivity index (χ3n) is 4.21. The van der Waals surface area contributed by atoms with Crippen LogP contribution < -0.4 is 5.32 Å². The van der Waals surface area contributed by atoms with Gasteiger partial charge >= 0.3 is 5.97 Å². The number of aryl methyl sites for hydroxylation is 1. The summed E-state index contributed by atoms with van der Waals surface area (Å²) in [5, 5.41) is 8.10. The number of benzene rings is 1. The molecule has 0 unspecified atom stereocenters. The number of aromatic nitrogens is 2. The van der Waals surface area contributed by atoms with Gasteiger partial charge in [0.05, 0.1) is 24.9 Å². The molecule has 0 saturated heterocycles. The van der Waals surface area contributed by atoms with Crippen molar-refractivity contribution in [2.24, 2.45) is 0 Å². The molecule has 1 amide bonds. The van der Waals surface area contributed by atoms with E-state index in [9.17, 15) is 9.59 Å². The molecule has 0 saturated carbocycles. The van der Waals surface area contributed by atoms with E-state index in [4.69, 9.17) is 11.6 Å². The van der Waals surface area contributed by atoms with Crippen LogP contribution in [0.2, 0.25) is 5.02 Å². The van der Waals surface area contributed by atoms with Gasteiger partial charge in [-0.3, -0.25) is 9.59 Å². The highest BCUT2D eigenvalue weighted by Crippen LogP contribution is 2.20. The number of methoxy groups -OCH3 is 1. The second-order valence-electron chi connectivity index (χ2n) is 6.10. The molecule has 2 aromatic rings. The molecule has 7 heteroatoms. The standard InChI is InChI=1S/C19H24ClN3O3/c1-13-17(12-18(24)21-11-5-4-6-19(25)26-3)14(2)23(22-13)16-9-7-15(20)8-10-16/h7-10H,4-6,11-12H2,1-3H3,(H,21,24). The number of carbonyl (C=O) groups excluding carboxylic acids is 2. The maximum absolute atomic E-state index is 12.2. The fraction of sp³-hybridized carbons (Fsp3) is 0.421. The second-order valence-corrected chi connectivity index (χ2v) is 6.53. The Labute approximate surface area is 158 Å². The number of nitrogens with one attached hydrogen (secondary N) is 1. The molecule has 0 aliphatic rings. The number of carbonyl (C=O) groups is 2. The van der Waals surface area contributed by atoms with E-state index in [0.29, 0.717) is 24.4 Å². The van der Waals surface area contributed by atoms with Crippen molar-refractivity contribution >= 4 is 23.5 Å². The molecule has 1 heterocycles. The van der Waals surface area contributed by atoms with Gasteiger partial charge in [-0.15, -0.1) is 0 Å². The highest BCUT2D eigenvalue weighted by atomic mass is 35.5. The topological polar surface area (TPSA) is 73.2 Å². The van der Waals surface area contributed by atoms with Gasteiger partial charge in [0.1, 0.15) is 0 Å². The lowest BCUT2D eigenvalue weighted by Gasteiger charge is -2.07. The number of halogens is 1. The Morgan fingerprint density at radius 3 is 2.54 bits per heavy atom. The fourth-order valence-corrected chi connectivity index (χ4v) is 2.84. The van der Waals surface area contributed by atoms with Crippen molar-refractivity contribution < 1.29 is 14.3 Å². The van der Waals surface area contributed by atoms with Crippen LogP contribution in [0.15, 0.2) is 24.3 Å². The highest BCUT2D eigenvalue weighted by molar-refractivity contribution is 6.30. The van der Waals surface area contributed by atoms with Crippen LogP contribution in [0.1, 0.15) is 36.2 Å². The molecule has 1 N–H and O–H groups in total. The molecule has 0 fully saturated rings. The molecule has 0 radical (unpaired) electrons. The van der Waals surface area contributed by atoms with E-state index in [1.54, 1.807) is 0 Å². The van der Waals surface area contributed by atoms with Crippen molar-refractivity contribution in [3.63, 3.8) is 0 Å². The fourth-order valence-electron chi connectivity index (χ4n) is 2.71. The Bertz CT molecular complexity index is 769. The zero-order valence-electron chi connectivity index (χ0n) is 15.3. The van der Waals surface area contributed by atoms with Crippen LogP contribution in [-0.2, 0) is 20.7 Å². The number of ether oxygens (including phenoxy) is 1. The zero-order chi connectivity index (χ0) is 19.1. The third-order valence-corrected chi connectivity index (χ3v) is 4.46. The lowest BCUT2D eigenvalue weighted by molar-refractivity contribution is -0.140. The molecule has 26 heavy (non-hydrogen) atoms. The van der Waals surface area contributed by atoms with Gasteiger partial charge in [-0.1, -0.05) is 11.6 Å². The van der Waals surface area contributed by atoms with Crippen molar-refractivity contribution in [3.8, 4) is 5.69 Å². The first-order valence-corrected chi connectivity index (χ1v) is 8.94. The zero-order valence-corrected chi connectivity index (χ0v) is 16.1. The molecule has 0 spiro atoms. The van der Waals surface area contributed by atoms with Crippen molar-refractivity contribution in [2.75, 3.05) is 13.7 Å². The Kier molecular flexibility index (Phi) is 7.21. The predicted octanol–water partition coefficient (Wildman–Crippen LogP) is 3.14. The lowest BCUT2D eigenvalue weighted by Crippen LogP contribution is -2.26. The van der Waals surface area contributed by atoms with Gasteiger partial charge in [0.25, 0.3) is 0 Å². The first-order chi connectivity index (χ1) is 12.4. The van der Waals surface area contributed by atoms with Gasteiger partial charge < -0.3 is 10.1 Å². The molecule has 6 nitrogen and oxygen atoms in total. The van der Waals surface area contributed by atoms with Crippen LogP contribution in [0.4, 0.5) is 0 Å². The van der Waals surface area contributed by atoms with E-state index >= 15 is 0 Å². The number of unbranched alkanes of at least 4 members (excludes halogenated alkanes) is 1. The first-order valence-electron chi connectivity index (χ1n) is 8.57. The Morgan fingerprint density at radius 2 is 1.88 bits per heavy atom. The number of hydrogen-bond acceptors (Lipinski definition) is 4. The molecule has 0 bridgehead atoms. The SMILES string of the molecule is COC(=O)CCCCNC(=O)Cc1c(C)nn(-c2ccc(Cl)cc2)c1C. The summed E-state index contributed by atoms with van der Waals surface area (Å²) in [7, 11) is 1.37. The van der Waals surface area contributed by atoms with E-state index in [2.05, 4.69) is 15.2 Å². The Hall–Kier alpha value is -2.34. The molecule has 0 atom stereocenters. The van der Waals surface area contributed by atoms with Crippen molar-refractivity contribution in [1.29, 1.82) is 0 Å². The number of hydrogen-bond donors (Lipinski definition) is 1. The molecule has 2 rings (SSSR count). The van der Waals surface area contributed by atoms with Crippen molar-refractivity contribution in [3.05, 3.63) is 46.2 Å². The lowest BCUT2D eigenvalue weighted by atomic mass is 10.1. The van der Waals surface area contributed by atoms with E-state index in [-0.39, 0.29) is 18.3 Å². The summed E-state index contributed by atoms with van der Waals surface area (Å²) in [5.74, 6) is -0.276. The van der Waals surface area contributed by atoms with E-state index < -0.39 is 0 Å². The number of rotatable bonds is 8. The van der Waals surface area contributed by atoms with Gasteiger partial charge in [0.15, 0.2) is 0 Å². The van der Waals surface area contributed by atoms with Crippen LogP contribution in [0.5, 0.6) is 0 Å². The number of esters is 1. The largest absolute Gasteiger partial charge is 0.469 e. The van der Waals surface area contributed by atoms with Gasteiger partial charge in [-0.05, 0) is 51.0 Å². The second kappa shape index (κ2) is 9.38. The molecule has 1 aromatic carbocycles. The Morgan fingerprint density at radius 1 is 1.19 bits per heavy atom. The van der Waals surface area contributed by atoms with Crippen LogP contribution in [0, 0.1) is 13.8 Å². The van der Waals surface area contributed by atoms with Crippen LogP contribution in [0.3, 0.4) is 0 Å². The minimum atomic E-state index is -0.225. The van der Waals surface area contributed by atoms with Gasteiger partial charge in [-0.25, -0.2) is 4.68 Å². The minimum absolute atomic E-state index is 0.0510. The highest BCUT2D eigenvalue weighted by Gasteiger charge is 2.15. The molecule has 140 valence electrons. The summed E-state index contributed by atoms with van der Waals surface area (Å²) in [4.78, 5) is 23.2. The van der Waals surface area contributed by atoms with Crippen molar-refractivity contribution in [1.82, 2.24) is 15.1 Å². The third kappa shape index (κ3) is 5.33. The van der Waals surface area contributed by atoms with Gasteiger partial charge in [-0.2, -0.15) is 5.10 Å². The van der Waals surface area contributed by atoms with Crippen LogP contribution >= 0.6 is 11.6 Å². The van der Waals surface area contributed by atoms with Gasteiger partial charge in [0.2, 0.25) is 5.91 Å². The summed E-state index contributed by atoms with van der Waals surface area (Å²) in [6.45, 7) is 4.39. The molecule has 1 aromatic heterocycles. The maximum Gasteiger partial charge on any atom is 0.305 e. The van der Waals surface area contributed by atoms with E-state index in [0.717, 1.165) is 29.1 Å². The first kappa shape index (κ1) is 20.0. The number of nitrogens with zero attached hydrogens (tertiary/aromatic N) is 2. The average Bonchev–Trinajstić information content (AvgIpc) is 2.90. The molecule has 0 aliphatic carbocycles. The molecular weight excluding hydrogens is 354 g/mol. The Balaban J connectivity index is 1.92. The van der Waals surface area contributed by atoms with E-state index in [1.807, 2.05) is 42.8 Å². The minimum Gasteiger partial charge on any atom is -0.469 e. The maximum atomic E-state index is 12.2. The quantitative estimate of drug-likeness (QED) is 0.566. The summed E-state index contributed by atoms with van der Waals surface area (Å²) in [6.07, 6.45) is 2.09. The van der Waals surface area contributed by atoms with Crippen LogP contribution in [0.25, 0.3) is 5.69 Å². The van der Waals surface area contributed by atoms with Gasteiger partial charge in [0, 0.05) is 29.2 Å². The molecular formula is C19H24ClN3O3. The predicted molar refractivity (Wildman–Crippen MR) is 101 cm³/mol. The van der Waals surface area contributed by atoms with E-state index in [1.165, 1.54) is 7.11 Å². The molecule has 0 aliphatic heterocycles. The average molecular weight is 378 g/mol.